The molecule has 0 amide bonds. The Morgan fingerprint density at radius 3 is 0.676 bits per heavy atom. The van der Waals surface area contributed by atoms with Crippen molar-refractivity contribution in [3.05, 3.63) is 0 Å². The Morgan fingerprint density at radius 2 is 0.485 bits per heavy atom. The summed E-state index contributed by atoms with van der Waals surface area (Å²) < 4.78 is 105. The van der Waals surface area contributed by atoms with Gasteiger partial charge in [-0.1, -0.05) is 52.4 Å². The van der Waals surface area contributed by atoms with Crippen LogP contribution in [0.4, 0.5) is 0 Å². The van der Waals surface area contributed by atoms with Gasteiger partial charge in [0.25, 0.3) is 11.9 Å². The highest BCUT2D eigenvalue weighted by Gasteiger charge is 2.42. The number of Topliss-reactive ketones (excluding diaryl/α,β-unsaturated/α-hetero) is 1. The Labute approximate surface area is 410 Å². The fourth-order valence-electron chi connectivity index (χ4n) is 7.22. The first-order valence-electron chi connectivity index (χ1n) is 24.7. The molecule has 0 aliphatic heterocycles. The van der Waals surface area contributed by atoms with Crippen LogP contribution in [0, 0.1) is 11.8 Å². The summed E-state index contributed by atoms with van der Waals surface area (Å²) in [5, 5.41) is 0. The van der Waals surface area contributed by atoms with E-state index in [9.17, 15) is 4.79 Å². The monoisotopic (exact) mass is 991 g/mol. The number of unbranched alkanes of at least 4 members (excludes halogenated alkanes) is 6. The number of carbonyl (C=O) groups is 1. The summed E-state index contributed by atoms with van der Waals surface area (Å²) >= 11 is 0. The first-order valence-corrected chi connectivity index (χ1v) is 24.7. The molecule has 19 heteroatoms. The van der Waals surface area contributed by atoms with Crippen molar-refractivity contribution in [1.82, 2.24) is 0 Å². The molecule has 14 atom stereocenters. The van der Waals surface area contributed by atoms with E-state index in [1.165, 1.54) is 0 Å². The first kappa shape index (κ1) is 67.0. The van der Waals surface area contributed by atoms with Crippen LogP contribution in [0.3, 0.4) is 0 Å². The average Bonchev–Trinajstić information content (AvgIpc) is 3.27. The van der Waals surface area contributed by atoms with Crippen molar-refractivity contribution < 1.29 is 90.1 Å². The highest BCUT2D eigenvalue weighted by molar-refractivity contribution is 5.82. The number of methoxy groups -OCH3 is 6. The van der Waals surface area contributed by atoms with Crippen LogP contribution in [0.2, 0.25) is 0 Å². The number of rotatable bonds is 46. The third-order valence-corrected chi connectivity index (χ3v) is 11.1. The molecule has 0 saturated heterocycles. The van der Waals surface area contributed by atoms with Gasteiger partial charge < -0.3 is 56.8 Å². The third-order valence-electron chi connectivity index (χ3n) is 11.1. The van der Waals surface area contributed by atoms with Gasteiger partial charge in [0.15, 0.2) is 75.5 Å². The van der Waals surface area contributed by atoms with E-state index in [4.69, 9.17) is 85.3 Å². The van der Waals surface area contributed by atoms with Gasteiger partial charge in [-0.3, -0.25) is 33.2 Å². The lowest BCUT2D eigenvalue weighted by Crippen LogP contribution is -2.48. The van der Waals surface area contributed by atoms with E-state index in [1.807, 2.05) is 13.8 Å². The first-order chi connectivity index (χ1) is 32.0. The zero-order chi connectivity index (χ0) is 51.9. The molecule has 0 aromatic carbocycles. The van der Waals surface area contributed by atoms with E-state index in [0.29, 0.717) is 25.7 Å². The van der Waals surface area contributed by atoms with Crippen LogP contribution in [0.5, 0.6) is 0 Å². The maximum atomic E-state index is 13.5. The van der Waals surface area contributed by atoms with Gasteiger partial charge >= 0.3 is 0 Å². The van der Waals surface area contributed by atoms with Gasteiger partial charge in [0.05, 0.1) is 0 Å². The minimum Gasteiger partial charge on any atom is -0.356 e. The van der Waals surface area contributed by atoms with Gasteiger partial charge in [-0.05, 0) is 109 Å². The van der Waals surface area contributed by atoms with E-state index >= 15 is 0 Å². The van der Waals surface area contributed by atoms with E-state index in [2.05, 4.69) is 0 Å². The summed E-state index contributed by atoms with van der Waals surface area (Å²) in [5.74, 6) is -3.08. The number of hydrogen-bond donors (Lipinski definition) is 0. The van der Waals surface area contributed by atoms with Crippen molar-refractivity contribution >= 4 is 5.78 Å². The highest BCUT2D eigenvalue weighted by atomic mass is 17.0. The fraction of sp³-hybridized carbons (Fsp3) is 0.980. The molecule has 0 bridgehead atoms. The normalized spacial score (nSPS) is 20.4. The smallest absolute Gasteiger partial charge is 0.289 e. The summed E-state index contributed by atoms with van der Waals surface area (Å²) in [5.41, 5.74) is 0. The second-order valence-electron chi connectivity index (χ2n) is 17.2. The Morgan fingerprint density at radius 1 is 0.294 bits per heavy atom. The molecule has 0 fully saturated rings. The molecule has 0 aromatic heterocycles. The number of carbonyl (C=O) groups excluding carboxylic acids is 1. The maximum Gasteiger partial charge on any atom is 0.289 e. The SMILES string of the molecule is COC(C)OC(C)OC(CCCCCCC(C)C(=O)C(C)CCCCCCC(OC(C)OC(C)OC)(OC(C)OC(C)OC)OC(C)OC(C)OC)(OC(C)OC(C)OC)OC(C)OC(C)OC. The maximum absolute atomic E-state index is 13.5. The van der Waals surface area contributed by atoms with Gasteiger partial charge in [0, 0.05) is 67.3 Å². The lowest BCUT2D eigenvalue weighted by Gasteiger charge is -2.39. The standard InChI is InChI=1S/C49H98O19/c1-33(29-25-21-23-27-31-48(63-41(9)57-35(3)51-15,64-42(10)58-36(4)52-16)65-43(11)59-37(5)53-17)47(50)34(2)30-26-22-24-28-32-49(66-44(12)60-38(6)54-18,67-45(13)61-39(7)55-19)68-46(14)62-40(8)56-20/h33-46H,21-32H2,1-20H3. The second kappa shape index (κ2) is 37.7. The largest absolute Gasteiger partial charge is 0.356 e. The van der Waals surface area contributed by atoms with Crippen molar-refractivity contribution in [2.24, 2.45) is 11.8 Å². The van der Waals surface area contributed by atoms with Crippen LogP contribution >= 0.6 is 0 Å². The second-order valence-corrected chi connectivity index (χ2v) is 17.2. The van der Waals surface area contributed by atoms with Gasteiger partial charge in [-0.25, -0.2) is 0 Å². The fourth-order valence-corrected chi connectivity index (χ4v) is 7.22. The van der Waals surface area contributed by atoms with Gasteiger partial charge in [0.2, 0.25) is 0 Å². The zero-order valence-corrected chi connectivity index (χ0v) is 45.8. The molecular formula is C49H98O19. The van der Waals surface area contributed by atoms with Crippen LogP contribution in [-0.2, 0) is 90.1 Å². The zero-order valence-electron chi connectivity index (χ0n) is 45.8. The Kier molecular flexibility index (Phi) is 37.1. The Hall–Kier alpha value is -1.05. The summed E-state index contributed by atoms with van der Waals surface area (Å²) in [6.07, 6.45) is 0.904. The van der Waals surface area contributed by atoms with Crippen LogP contribution in [0.15, 0.2) is 0 Å². The van der Waals surface area contributed by atoms with E-state index in [0.717, 1.165) is 51.4 Å². The van der Waals surface area contributed by atoms with Crippen molar-refractivity contribution in [3.8, 4) is 0 Å². The molecule has 0 N–H and O–H groups in total. The van der Waals surface area contributed by atoms with Crippen LogP contribution in [0.25, 0.3) is 0 Å². The molecule has 68 heavy (non-hydrogen) atoms. The molecule has 0 rings (SSSR count). The van der Waals surface area contributed by atoms with E-state index in [-0.39, 0.29) is 17.6 Å². The van der Waals surface area contributed by atoms with Crippen molar-refractivity contribution in [3.63, 3.8) is 0 Å². The van der Waals surface area contributed by atoms with Gasteiger partial charge in [0.1, 0.15) is 5.78 Å². The van der Waals surface area contributed by atoms with Crippen LogP contribution < -0.4 is 0 Å². The predicted octanol–water partition coefficient (Wildman–Crippen LogP) is 10.0. The molecular weight excluding hydrogens is 893 g/mol. The molecule has 0 aromatic rings. The number of hydrogen-bond acceptors (Lipinski definition) is 19. The molecule has 19 nitrogen and oxygen atoms in total. The van der Waals surface area contributed by atoms with Crippen molar-refractivity contribution in [1.29, 1.82) is 0 Å². The van der Waals surface area contributed by atoms with Crippen molar-refractivity contribution in [2.75, 3.05) is 42.7 Å². The molecule has 0 heterocycles. The average molecular weight is 991 g/mol. The molecule has 0 aliphatic carbocycles. The van der Waals surface area contributed by atoms with Crippen molar-refractivity contribution in [2.45, 2.75) is 261 Å². The third kappa shape index (κ3) is 30.7. The lowest BCUT2D eigenvalue weighted by molar-refractivity contribution is -0.483. The molecule has 0 aliphatic rings. The molecule has 14 unspecified atom stereocenters. The Bertz CT molecular complexity index is 1030. The lowest BCUT2D eigenvalue weighted by atomic mass is 9.88. The highest BCUT2D eigenvalue weighted by Crippen LogP contribution is 2.33. The minimum absolute atomic E-state index is 0.0615. The predicted molar refractivity (Wildman–Crippen MR) is 253 cm³/mol. The number of ketones is 1. The molecule has 0 saturated carbocycles. The van der Waals surface area contributed by atoms with Crippen LogP contribution in [-0.4, -0.2) is 136 Å². The summed E-state index contributed by atoms with van der Waals surface area (Å²) in [7, 11) is 9.29. The van der Waals surface area contributed by atoms with E-state index in [1.54, 1.807) is 126 Å². The number of ether oxygens (including phenoxy) is 18. The summed E-state index contributed by atoms with van der Waals surface area (Å²) in [4.78, 5) is 13.5. The molecule has 408 valence electrons. The van der Waals surface area contributed by atoms with Gasteiger partial charge in [-0.15, -0.1) is 0 Å². The quantitative estimate of drug-likeness (QED) is 0.0414. The Balaban J connectivity index is 5.54. The minimum atomic E-state index is -1.62. The summed E-state index contributed by atoms with van der Waals surface area (Å²) in [6, 6.07) is 0. The molecule has 0 spiro atoms. The van der Waals surface area contributed by atoms with E-state index < -0.39 is 87.4 Å². The topological polar surface area (TPSA) is 183 Å². The summed E-state index contributed by atoms with van der Waals surface area (Å²) in [6.45, 7) is 25.1. The molecule has 0 radical (unpaired) electrons. The van der Waals surface area contributed by atoms with Crippen LogP contribution in [0.1, 0.15) is 174 Å². The van der Waals surface area contributed by atoms with Gasteiger partial charge in [-0.2, -0.15) is 0 Å².